The van der Waals surface area contributed by atoms with E-state index in [4.69, 9.17) is 4.74 Å². The summed E-state index contributed by atoms with van der Waals surface area (Å²) < 4.78 is 33.5. The number of aryl methyl sites for hydroxylation is 4. The monoisotopic (exact) mass is 468 g/mol. The number of hydrogen-bond donors (Lipinski definition) is 2. The Hall–Kier alpha value is -3.46. The second-order valence-corrected chi connectivity index (χ2v) is 9.52. The number of hydrogen-bond acceptors (Lipinski definition) is 6. The number of carbonyl (C=O) groups is 1. The van der Waals surface area contributed by atoms with Gasteiger partial charge in [-0.3, -0.25) is 9.52 Å². The van der Waals surface area contributed by atoms with Gasteiger partial charge in [0, 0.05) is 23.9 Å². The summed E-state index contributed by atoms with van der Waals surface area (Å²) in [5, 5.41) is 2.77. The zero-order valence-electron chi connectivity index (χ0n) is 19.2. The number of benzene rings is 2. The topological polar surface area (TPSA) is 110 Å². The first-order valence-electron chi connectivity index (χ1n) is 10.6. The van der Waals surface area contributed by atoms with Gasteiger partial charge in [0.1, 0.15) is 17.4 Å². The average Bonchev–Trinajstić information content (AvgIpc) is 2.73. The highest BCUT2D eigenvalue weighted by molar-refractivity contribution is 7.92. The second-order valence-electron chi connectivity index (χ2n) is 7.84. The molecule has 1 amide bonds. The van der Waals surface area contributed by atoms with E-state index in [1.165, 1.54) is 12.1 Å². The third kappa shape index (κ3) is 7.01. The van der Waals surface area contributed by atoms with Gasteiger partial charge in [0.25, 0.3) is 10.0 Å². The van der Waals surface area contributed by atoms with Crippen LogP contribution in [0.5, 0.6) is 5.75 Å². The van der Waals surface area contributed by atoms with Crippen LogP contribution in [-0.4, -0.2) is 30.9 Å². The first kappa shape index (κ1) is 24.2. The van der Waals surface area contributed by atoms with Gasteiger partial charge in [0.15, 0.2) is 0 Å². The van der Waals surface area contributed by atoms with Crippen LogP contribution in [0.15, 0.2) is 53.4 Å². The Bertz CT molecular complexity index is 1220. The van der Waals surface area contributed by atoms with Crippen molar-refractivity contribution in [2.75, 3.05) is 16.6 Å². The molecule has 1 heterocycles. The summed E-state index contributed by atoms with van der Waals surface area (Å²) in [5.74, 6) is 1.35. The van der Waals surface area contributed by atoms with E-state index in [1.54, 1.807) is 32.0 Å². The molecule has 2 aromatic carbocycles. The van der Waals surface area contributed by atoms with Gasteiger partial charge in [-0.05, 0) is 75.6 Å². The summed E-state index contributed by atoms with van der Waals surface area (Å²) >= 11 is 0. The number of carbonyl (C=O) groups excluding carboxylic acids is 1. The highest BCUT2D eigenvalue weighted by Crippen LogP contribution is 2.20. The zero-order valence-corrected chi connectivity index (χ0v) is 20.0. The molecule has 0 aliphatic carbocycles. The molecule has 8 nitrogen and oxygen atoms in total. The Morgan fingerprint density at radius 2 is 1.70 bits per heavy atom. The molecule has 33 heavy (non-hydrogen) atoms. The van der Waals surface area contributed by atoms with Gasteiger partial charge >= 0.3 is 0 Å². The smallest absolute Gasteiger partial charge is 0.263 e. The molecular weight excluding hydrogens is 440 g/mol. The van der Waals surface area contributed by atoms with E-state index in [0.717, 1.165) is 16.9 Å². The molecule has 2 N–H and O–H groups in total. The summed E-state index contributed by atoms with van der Waals surface area (Å²) in [7, 11) is -3.81. The predicted molar refractivity (Wildman–Crippen MR) is 128 cm³/mol. The molecule has 0 spiro atoms. The van der Waals surface area contributed by atoms with Crippen LogP contribution in [0.1, 0.15) is 35.5 Å². The maximum Gasteiger partial charge on any atom is 0.263 e. The standard InChI is InChI=1S/C24H28N4O4S/c1-16-7-8-17(2)22(14-16)32-13-5-6-24(29)27-20-9-11-21(12-10-20)33(30,31)28-23-15-18(3)25-19(4)26-23/h7-12,14-15H,5-6,13H2,1-4H3,(H,27,29)(H,25,26,28). The molecule has 0 unspecified atom stereocenters. The molecule has 0 saturated carbocycles. The Morgan fingerprint density at radius 1 is 0.970 bits per heavy atom. The largest absolute Gasteiger partial charge is 0.493 e. The van der Waals surface area contributed by atoms with Crippen LogP contribution in [0.2, 0.25) is 0 Å². The summed E-state index contributed by atoms with van der Waals surface area (Å²) in [5.41, 5.74) is 3.36. The van der Waals surface area contributed by atoms with Crippen LogP contribution in [0.3, 0.4) is 0 Å². The number of aromatic nitrogens is 2. The Labute approximate surface area is 194 Å². The van der Waals surface area contributed by atoms with Gasteiger partial charge in [0.2, 0.25) is 5.91 Å². The Kier molecular flexibility index (Phi) is 7.65. The molecule has 0 bridgehead atoms. The van der Waals surface area contributed by atoms with Crippen molar-refractivity contribution in [3.8, 4) is 5.75 Å². The fraction of sp³-hybridized carbons (Fsp3) is 0.292. The molecule has 1 aromatic heterocycles. The molecule has 3 aromatic rings. The van der Waals surface area contributed by atoms with Crippen molar-refractivity contribution in [1.29, 1.82) is 0 Å². The lowest BCUT2D eigenvalue weighted by Gasteiger charge is -2.11. The van der Waals surface area contributed by atoms with Crippen LogP contribution in [0.4, 0.5) is 11.5 Å². The van der Waals surface area contributed by atoms with Gasteiger partial charge in [-0.1, -0.05) is 12.1 Å². The minimum Gasteiger partial charge on any atom is -0.493 e. The molecular formula is C24H28N4O4S. The van der Waals surface area contributed by atoms with Crippen molar-refractivity contribution in [1.82, 2.24) is 9.97 Å². The molecule has 174 valence electrons. The number of sulfonamides is 1. The van der Waals surface area contributed by atoms with Crippen LogP contribution < -0.4 is 14.8 Å². The van der Waals surface area contributed by atoms with E-state index >= 15 is 0 Å². The number of nitrogens with zero attached hydrogens (tertiary/aromatic N) is 2. The fourth-order valence-corrected chi connectivity index (χ4v) is 4.18. The maximum absolute atomic E-state index is 12.6. The van der Waals surface area contributed by atoms with Gasteiger partial charge in [0.05, 0.1) is 11.5 Å². The number of nitrogens with one attached hydrogen (secondary N) is 2. The van der Waals surface area contributed by atoms with E-state index in [2.05, 4.69) is 20.0 Å². The highest BCUT2D eigenvalue weighted by Gasteiger charge is 2.16. The van der Waals surface area contributed by atoms with Crippen LogP contribution in [0.25, 0.3) is 0 Å². The quantitative estimate of drug-likeness (QED) is 0.453. The van der Waals surface area contributed by atoms with Crippen molar-refractivity contribution in [3.63, 3.8) is 0 Å². The van der Waals surface area contributed by atoms with E-state index in [0.29, 0.717) is 36.7 Å². The normalized spacial score (nSPS) is 11.2. The van der Waals surface area contributed by atoms with Crippen molar-refractivity contribution < 1.29 is 17.9 Å². The predicted octanol–water partition coefficient (Wildman–Crippen LogP) is 4.31. The summed E-state index contributed by atoms with van der Waals surface area (Å²) in [4.78, 5) is 20.5. The fourth-order valence-electron chi connectivity index (χ4n) is 3.18. The lowest BCUT2D eigenvalue weighted by atomic mass is 10.1. The van der Waals surface area contributed by atoms with E-state index in [9.17, 15) is 13.2 Å². The SMILES string of the molecule is Cc1ccc(C)c(OCCCC(=O)Nc2ccc(S(=O)(=O)Nc3cc(C)nc(C)n3)cc2)c1. The minimum absolute atomic E-state index is 0.0661. The highest BCUT2D eigenvalue weighted by atomic mass is 32.2. The molecule has 0 saturated heterocycles. The zero-order chi connectivity index (χ0) is 24.0. The van der Waals surface area contributed by atoms with E-state index in [-0.39, 0.29) is 16.6 Å². The number of ether oxygens (including phenoxy) is 1. The Morgan fingerprint density at radius 3 is 2.39 bits per heavy atom. The molecule has 0 fully saturated rings. The van der Waals surface area contributed by atoms with Gasteiger partial charge in [-0.15, -0.1) is 0 Å². The van der Waals surface area contributed by atoms with Crippen molar-refractivity contribution >= 4 is 27.4 Å². The molecule has 3 rings (SSSR count). The van der Waals surface area contributed by atoms with Crippen LogP contribution in [-0.2, 0) is 14.8 Å². The number of rotatable bonds is 9. The first-order valence-corrected chi connectivity index (χ1v) is 12.1. The van der Waals surface area contributed by atoms with Gasteiger partial charge < -0.3 is 10.1 Å². The van der Waals surface area contributed by atoms with Crippen molar-refractivity contribution in [2.24, 2.45) is 0 Å². The Balaban J connectivity index is 1.51. The lowest BCUT2D eigenvalue weighted by Crippen LogP contribution is -2.15. The molecule has 0 radical (unpaired) electrons. The molecule has 0 atom stereocenters. The van der Waals surface area contributed by atoms with E-state index in [1.807, 2.05) is 32.0 Å². The van der Waals surface area contributed by atoms with Gasteiger partial charge in [-0.2, -0.15) is 0 Å². The van der Waals surface area contributed by atoms with Gasteiger partial charge in [-0.25, -0.2) is 18.4 Å². The third-order valence-electron chi connectivity index (χ3n) is 4.80. The minimum atomic E-state index is -3.81. The first-order chi connectivity index (χ1) is 15.6. The number of amides is 1. The maximum atomic E-state index is 12.6. The van der Waals surface area contributed by atoms with Crippen LogP contribution in [0, 0.1) is 27.7 Å². The second kappa shape index (κ2) is 10.4. The lowest BCUT2D eigenvalue weighted by molar-refractivity contribution is -0.116. The molecule has 0 aliphatic heterocycles. The van der Waals surface area contributed by atoms with Crippen LogP contribution >= 0.6 is 0 Å². The van der Waals surface area contributed by atoms with Crippen molar-refractivity contribution in [3.05, 3.63) is 71.2 Å². The molecule has 9 heteroatoms. The summed E-state index contributed by atoms with van der Waals surface area (Å²) in [6.07, 6.45) is 0.853. The third-order valence-corrected chi connectivity index (χ3v) is 6.17. The summed E-state index contributed by atoms with van der Waals surface area (Å²) in [6.45, 7) is 7.88. The van der Waals surface area contributed by atoms with E-state index < -0.39 is 10.0 Å². The van der Waals surface area contributed by atoms with Crippen molar-refractivity contribution in [2.45, 2.75) is 45.4 Å². The number of anilines is 2. The average molecular weight is 469 g/mol. The molecule has 0 aliphatic rings. The summed E-state index contributed by atoms with van der Waals surface area (Å²) in [6, 6.07) is 13.5.